The summed E-state index contributed by atoms with van der Waals surface area (Å²) in [7, 11) is 0. The third kappa shape index (κ3) is 3.75. The second-order valence-corrected chi connectivity index (χ2v) is 7.32. The summed E-state index contributed by atoms with van der Waals surface area (Å²) in [6.45, 7) is 1.57. The molecule has 0 saturated heterocycles. The molecule has 0 aliphatic heterocycles. The molecule has 3 aliphatic rings. The molecule has 3 fully saturated rings. The molecule has 114 valence electrons. The number of carbonyl (C=O) groups excluding carboxylic acids is 1. The summed E-state index contributed by atoms with van der Waals surface area (Å²) in [6.07, 6.45) is 13.4. The van der Waals surface area contributed by atoms with E-state index in [0.717, 1.165) is 24.3 Å². The van der Waals surface area contributed by atoms with E-state index in [2.05, 4.69) is 10.6 Å². The van der Waals surface area contributed by atoms with Crippen molar-refractivity contribution >= 4 is 5.91 Å². The molecule has 2 bridgehead atoms. The van der Waals surface area contributed by atoms with E-state index in [1.807, 2.05) is 0 Å². The van der Waals surface area contributed by atoms with Gasteiger partial charge in [0.2, 0.25) is 5.91 Å². The van der Waals surface area contributed by atoms with Crippen LogP contribution in [0.4, 0.5) is 0 Å². The van der Waals surface area contributed by atoms with Crippen molar-refractivity contribution in [3.8, 4) is 0 Å². The topological polar surface area (TPSA) is 41.1 Å². The number of hydrogen-bond donors (Lipinski definition) is 2. The van der Waals surface area contributed by atoms with Gasteiger partial charge in [-0.05, 0) is 56.4 Å². The SMILES string of the molecule is O=C(CNCC1CC2CCC1C2)NC1CCCCCC1. The first-order valence-electron chi connectivity index (χ1n) is 8.81. The standard InChI is InChI=1S/C17H30N2O/c20-17(19-16-5-3-1-2-4-6-16)12-18-11-15-10-13-7-8-14(15)9-13/h13-16,18H,1-12H2,(H,19,20). The van der Waals surface area contributed by atoms with Crippen LogP contribution in [0.1, 0.15) is 64.2 Å². The minimum atomic E-state index is 0.208. The maximum absolute atomic E-state index is 12.0. The lowest BCUT2D eigenvalue weighted by Gasteiger charge is -2.22. The fourth-order valence-electron chi connectivity index (χ4n) is 4.70. The van der Waals surface area contributed by atoms with Crippen LogP contribution in [0.2, 0.25) is 0 Å². The predicted molar refractivity (Wildman–Crippen MR) is 81.4 cm³/mol. The van der Waals surface area contributed by atoms with Crippen LogP contribution < -0.4 is 10.6 Å². The van der Waals surface area contributed by atoms with Crippen LogP contribution in [0.25, 0.3) is 0 Å². The van der Waals surface area contributed by atoms with E-state index in [9.17, 15) is 4.79 Å². The lowest BCUT2D eigenvalue weighted by molar-refractivity contribution is -0.121. The van der Waals surface area contributed by atoms with E-state index in [1.54, 1.807) is 0 Å². The Hall–Kier alpha value is -0.570. The lowest BCUT2D eigenvalue weighted by Crippen LogP contribution is -2.41. The van der Waals surface area contributed by atoms with E-state index in [4.69, 9.17) is 0 Å². The van der Waals surface area contributed by atoms with Gasteiger partial charge < -0.3 is 10.6 Å². The average Bonchev–Trinajstić information content (AvgIpc) is 2.96. The van der Waals surface area contributed by atoms with Crippen molar-refractivity contribution in [2.75, 3.05) is 13.1 Å². The van der Waals surface area contributed by atoms with Crippen LogP contribution in [0.15, 0.2) is 0 Å². The molecule has 20 heavy (non-hydrogen) atoms. The fraction of sp³-hybridized carbons (Fsp3) is 0.941. The van der Waals surface area contributed by atoms with Crippen LogP contribution in [0, 0.1) is 17.8 Å². The number of amides is 1. The Bertz CT molecular complexity index is 323. The monoisotopic (exact) mass is 278 g/mol. The van der Waals surface area contributed by atoms with Crippen molar-refractivity contribution < 1.29 is 4.79 Å². The lowest BCUT2D eigenvalue weighted by atomic mass is 9.89. The molecule has 0 heterocycles. The molecular weight excluding hydrogens is 248 g/mol. The molecule has 2 N–H and O–H groups in total. The second-order valence-electron chi connectivity index (χ2n) is 7.32. The van der Waals surface area contributed by atoms with Crippen molar-refractivity contribution in [2.45, 2.75) is 70.3 Å². The summed E-state index contributed by atoms with van der Waals surface area (Å²) in [5.74, 6) is 3.02. The van der Waals surface area contributed by atoms with Gasteiger partial charge in [0, 0.05) is 6.04 Å². The third-order valence-electron chi connectivity index (χ3n) is 5.80. The Labute approximate surface area is 123 Å². The minimum Gasteiger partial charge on any atom is -0.352 e. The molecule has 3 atom stereocenters. The molecule has 0 aromatic carbocycles. The van der Waals surface area contributed by atoms with Gasteiger partial charge in [-0.1, -0.05) is 32.1 Å². The minimum absolute atomic E-state index is 0.208. The normalized spacial score (nSPS) is 34.1. The maximum atomic E-state index is 12.0. The number of carbonyl (C=O) groups is 1. The quantitative estimate of drug-likeness (QED) is 0.759. The van der Waals surface area contributed by atoms with E-state index >= 15 is 0 Å². The van der Waals surface area contributed by atoms with Crippen molar-refractivity contribution in [1.82, 2.24) is 10.6 Å². The molecule has 1 amide bonds. The van der Waals surface area contributed by atoms with Crippen LogP contribution in [-0.2, 0) is 4.79 Å². The number of rotatable bonds is 5. The molecule has 3 rings (SSSR count). The van der Waals surface area contributed by atoms with Crippen LogP contribution in [-0.4, -0.2) is 25.0 Å². The van der Waals surface area contributed by atoms with Gasteiger partial charge >= 0.3 is 0 Å². The second kappa shape index (κ2) is 6.93. The molecule has 3 saturated carbocycles. The summed E-state index contributed by atoms with van der Waals surface area (Å²) in [4.78, 5) is 12.0. The molecule has 0 aromatic heterocycles. The zero-order valence-electron chi connectivity index (χ0n) is 12.7. The van der Waals surface area contributed by atoms with Gasteiger partial charge in [0.1, 0.15) is 0 Å². The van der Waals surface area contributed by atoms with Gasteiger partial charge in [-0.3, -0.25) is 4.79 Å². The van der Waals surface area contributed by atoms with Gasteiger partial charge in [0.25, 0.3) is 0 Å². The smallest absolute Gasteiger partial charge is 0.234 e. The van der Waals surface area contributed by atoms with E-state index < -0.39 is 0 Å². The molecule has 0 radical (unpaired) electrons. The Morgan fingerprint density at radius 2 is 1.75 bits per heavy atom. The Morgan fingerprint density at radius 3 is 2.40 bits per heavy atom. The third-order valence-corrected chi connectivity index (χ3v) is 5.80. The molecule has 3 unspecified atom stereocenters. The summed E-state index contributed by atoms with van der Waals surface area (Å²) in [5, 5.41) is 6.62. The highest BCUT2D eigenvalue weighted by molar-refractivity contribution is 5.78. The van der Waals surface area contributed by atoms with E-state index in [-0.39, 0.29) is 5.91 Å². The zero-order valence-corrected chi connectivity index (χ0v) is 12.7. The first-order valence-corrected chi connectivity index (χ1v) is 8.81. The molecule has 3 aliphatic carbocycles. The van der Waals surface area contributed by atoms with Crippen molar-refractivity contribution in [2.24, 2.45) is 17.8 Å². The van der Waals surface area contributed by atoms with Gasteiger partial charge in [0.05, 0.1) is 6.54 Å². The molecule has 0 spiro atoms. The van der Waals surface area contributed by atoms with Crippen molar-refractivity contribution in [1.29, 1.82) is 0 Å². The molecule has 3 nitrogen and oxygen atoms in total. The molecule has 3 heteroatoms. The fourth-order valence-corrected chi connectivity index (χ4v) is 4.70. The van der Waals surface area contributed by atoms with Gasteiger partial charge in [-0.15, -0.1) is 0 Å². The van der Waals surface area contributed by atoms with Gasteiger partial charge in [0.15, 0.2) is 0 Å². The van der Waals surface area contributed by atoms with E-state index in [0.29, 0.717) is 12.6 Å². The van der Waals surface area contributed by atoms with E-state index in [1.165, 1.54) is 64.2 Å². The van der Waals surface area contributed by atoms with Gasteiger partial charge in [-0.25, -0.2) is 0 Å². The van der Waals surface area contributed by atoms with Crippen LogP contribution in [0.5, 0.6) is 0 Å². The van der Waals surface area contributed by atoms with Crippen molar-refractivity contribution in [3.63, 3.8) is 0 Å². The maximum Gasteiger partial charge on any atom is 0.234 e. The summed E-state index contributed by atoms with van der Waals surface area (Å²) >= 11 is 0. The zero-order chi connectivity index (χ0) is 13.8. The Morgan fingerprint density at radius 1 is 0.950 bits per heavy atom. The average molecular weight is 278 g/mol. The molecular formula is C17H30N2O. The van der Waals surface area contributed by atoms with Gasteiger partial charge in [-0.2, -0.15) is 0 Å². The summed E-state index contributed by atoms with van der Waals surface area (Å²) < 4.78 is 0. The summed E-state index contributed by atoms with van der Waals surface area (Å²) in [5.41, 5.74) is 0. The first kappa shape index (κ1) is 14.4. The summed E-state index contributed by atoms with van der Waals surface area (Å²) in [6, 6.07) is 0.439. The number of nitrogens with one attached hydrogen (secondary N) is 2. The van der Waals surface area contributed by atoms with Crippen molar-refractivity contribution in [3.05, 3.63) is 0 Å². The first-order chi connectivity index (χ1) is 9.81. The highest BCUT2D eigenvalue weighted by Gasteiger charge is 2.38. The Balaban J connectivity index is 1.31. The Kier molecular flexibility index (Phi) is 4.98. The number of hydrogen-bond acceptors (Lipinski definition) is 2. The van der Waals surface area contributed by atoms with Crippen LogP contribution >= 0.6 is 0 Å². The highest BCUT2D eigenvalue weighted by atomic mass is 16.1. The molecule has 0 aromatic rings. The highest BCUT2D eigenvalue weighted by Crippen LogP contribution is 2.47. The number of fused-ring (bicyclic) bond motifs is 2. The predicted octanol–water partition coefficient (Wildman–Crippen LogP) is 2.85. The largest absolute Gasteiger partial charge is 0.352 e. The van der Waals surface area contributed by atoms with Crippen LogP contribution in [0.3, 0.4) is 0 Å².